The van der Waals surface area contributed by atoms with E-state index in [2.05, 4.69) is 5.32 Å². The van der Waals surface area contributed by atoms with E-state index in [1.807, 2.05) is 0 Å². The standard InChI is InChI=1S/C18H20ClN3O5/c1-10(17(25)26)21(12-6-7-12)15(23)9-8-14-16(24)22(18(27)20-14)13-4-2-11(19)3-5-13/h2-5,10,12,14H,6-9H2,1H3,(H,20,27)(H,25,26). The number of rotatable bonds is 7. The van der Waals surface area contributed by atoms with E-state index in [4.69, 9.17) is 11.6 Å². The van der Waals surface area contributed by atoms with Crippen LogP contribution in [0.2, 0.25) is 5.02 Å². The summed E-state index contributed by atoms with van der Waals surface area (Å²) in [6, 6.07) is 3.95. The lowest BCUT2D eigenvalue weighted by Crippen LogP contribution is -2.45. The van der Waals surface area contributed by atoms with Crippen LogP contribution in [0.15, 0.2) is 24.3 Å². The lowest BCUT2D eigenvalue weighted by Gasteiger charge is -2.26. The second kappa shape index (κ2) is 7.56. The molecule has 8 nitrogen and oxygen atoms in total. The Kier molecular flexibility index (Phi) is 5.36. The molecule has 1 aromatic rings. The quantitative estimate of drug-likeness (QED) is 0.689. The maximum Gasteiger partial charge on any atom is 0.329 e. The van der Waals surface area contributed by atoms with Gasteiger partial charge in [0.1, 0.15) is 12.1 Å². The number of carboxylic acids is 1. The van der Waals surface area contributed by atoms with Crippen molar-refractivity contribution < 1.29 is 24.3 Å². The highest BCUT2D eigenvalue weighted by Gasteiger charge is 2.41. The predicted molar refractivity (Wildman–Crippen MR) is 97.5 cm³/mol. The number of imide groups is 1. The Labute approximate surface area is 161 Å². The maximum absolute atomic E-state index is 12.6. The van der Waals surface area contributed by atoms with Crippen molar-refractivity contribution >= 4 is 41.1 Å². The van der Waals surface area contributed by atoms with Gasteiger partial charge in [-0.05, 0) is 50.5 Å². The maximum atomic E-state index is 12.6. The summed E-state index contributed by atoms with van der Waals surface area (Å²) in [5.41, 5.74) is 0.398. The van der Waals surface area contributed by atoms with Crippen LogP contribution in [0.4, 0.5) is 10.5 Å². The molecule has 2 atom stereocenters. The molecule has 144 valence electrons. The number of carboxylic acid groups (broad SMARTS) is 1. The number of amides is 4. The Morgan fingerprint density at radius 2 is 1.93 bits per heavy atom. The molecule has 0 aromatic heterocycles. The third kappa shape index (κ3) is 4.05. The molecule has 1 heterocycles. The SMILES string of the molecule is CC(C(=O)O)N(C(=O)CCC1NC(=O)N(c2ccc(Cl)cc2)C1=O)C1CC1. The number of anilines is 1. The monoisotopic (exact) mass is 393 g/mol. The van der Waals surface area contributed by atoms with Crippen LogP contribution in [0.1, 0.15) is 32.6 Å². The number of urea groups is 1. The van der Waals surface area contributed by atoms with Gasteiger partial charge in [-0.1, -0.05) is 11.6 Å². The van der Waals surface area contributed by atoms with E-state index < -0.39 is 30.0 Å². The summed E-state index contributed by atoms with van der Waals surface area (Å²) >= 11 is 5.82. The zero-order valence-electron chi connectivity index (χ0n) is 14.7. The van der Waals surface area contributed by atoms with Gasteiger partial charge in [0.25, 0.3) is 5.91 Å². The van der Waals surface area contributed by atoms with Crippen LogP contribution in [0, 0.1) is 0 Å². The average molecular weight is 394 g/mol. The molecule has 2 unspecified atom stereocenters. The number of hydrogen-bond acceptors (Lipinski definition) is 4. The third-order valence-electron chi connectivity index (χ3n) is 4.75. The van der Waals surface area contributed by atoms with Gasteiger partial charge in [-0.2, -0.15) is 0 Å². The molecule has 0 radical (unpaired) electrons. The van der Waals surface area contributed by atoms with Crippen LogP contribution in [-0.4, -0.2) is 51.9 Å². The summed E-state index contributed by atoms with van der Waals surface area (Å²) in [6.45, 7) is 1.48. The van der Waals surface area contributed by atoms with E-state index >= 15 is 0 Å². The highest BCUT2D eigenvalue weighted by atomic mass is 35.5. The molecule has 1 aromatic carbocycles. The first kappa shape index (κ1) is 19.2. The first-order valence-corrected chi connectivity index (χ1v) is 9.11. The summed E-state index contributed by atoms with van der Waals surface area (Å²) in [5, 5.41) is 12.3. The van der Waals surface area contributed by atoms with Crippen molar-refractivity contribution in [3.05, 3.63) is 29.3 Å². The van der Waals surface area contributed by atoms with Crippen LogP contribution in [0.3, 0.4) is 0 Å². The van der Waals surface area contributed by atoms with Crippen molar-refractivity contribution in [3.63, 3.8) is 0 Å². The number of hydrogen-bond donors (Lipinski definition) is 2. The Bertz CT molecular complexity index is 778. The fourth-order valence-corrected chi connectivity index (χ4v) is 3.29. The van der Waals surface area contributed by atoms with Crippen LogP contribution < -0.4 is 10.2 Å². The minimum Gasteiger partial charge on any atom is -0.480 e. The molecule has 2 fully saturated rings. The molecule has 2 aliphatic rings. The van der Waals surface area contributed by atoms with Gasteiger partial charge in [0.05, 0.1) is 5.69 Å². The first-order chi connectivity index (χ1) is 12.8. The van der Waals surface area contributed by atoms with Crippen molar-refractivity contribution in [1.82, 2.24) is 10.2 Å². The molecule has 1 saturated carbocycles. The van der Waals surface area contributed by atoms with Gasteiger partial charge in [0.2, 0.25) is 5.91 Å². The predicted octanol–water partition coefficient (Wildman–Crippen LogP) is 2.01. The Morgan fingerprint density at radius 3 is 2.48 bits per heavy atom. The molecule has 1 aliphatic carbocycles. The molecule has 4 amide bonds. The van der Waals surface area contributed by atoms with Gasteiger partial charge in [-0.25, -0.2) is 14.5 Å². The fourth-order valence-electron chi connectivity index (χ4n) is 3.17. The first-order valence-electron chi connectivity index (χ1n) is 8.73. The summed E-state index contributed by atoms with van der Waals surface area (Å²) in [4.78, 5) is 50.9. The van der Waals surface area contributed by atoms with E-state index in [-0.39, 0.29) is 24.8 Å². The van der Waals surface area contributed by atoms with Gasteiger partial charge in [-0.15, -0.1) is 0 Å². The highest BCUT2D eigenvalue weighted by molar-refractivity contribution is 6.30. The van der Waals surface area contributed by atoms with E-state index in [1.165, 1.54) is 11.8 Å². The van der Waals surface area contributed by atoms with E-state index in [1.54, 1.807) is 24.3 Å². The molecule has 1 aliphatic heterocycles. The Balaban J connectivity index is 1.63. The topological polar surface area (TPSA) is 107 Å². The van der Waals surface area contributed by atoms with Gasteiger partial charge >= 0.3 is 12.0 Å². The number of carbonyl (C=O) groups is 4. The number of benzene rings is 1. The number of nitrogens with one attached hydrogen (secondary N) is 1. The zero-order valence-corrected chi connectivity index (χ0v) is 15.5. The Morgan fingerprint density at radius 1 is 1.30 bits per heavy atom. The van der Waals surface area contributed by atoms with Crippen LogP contribution in [0.25, 0.3) is 0 Å². The largest absolute Gasteiger partial charge is 0.480 e. The summed E-state index contributed by atoms with van der Waals surface area (Å²) < 4.78 is 0. The van der Waals surface area contributed by atoms with Crippen molar-refractivity contribution in [2.45, 2.75) is 50.7 Å². The summed E-state index contributed by atoms with van der Waals surface area (Å²) in [5.74, 6) is -1.83. The second-order valence-corrected chi connectivity index (χ2v) is 7.17. The average Bonchev–Trinajstić information content (AvgIpc) is 3.40. The molecular formula is C18H20ClN3O5. The van der Waals surface area contributed by atoms with Crippen molar-refractivity contribution in [3.8, 4) is 0 Å². The van der Waals surface area contributed by atoms with Crippen molar-refractivity contribution in [2.24, 2.45) is 0 Å². The van der Waals surface area contributed by atoms with Crippen molar-refractivity contribution in [2.75, 3.05) is 4.90 Å². The molecule has 2 N–H and O–H groups in total. The molecular weight excluding hydrogens is 374 g/mol. The van der Waals surface area contributed by atoms with E-state index in [0.717, 1.165) is 17.7 Å². The van der Waals surface area contributed by atoms with Gasteiger partial charge in [0.15, 0.2) is 0 Å². The number of nitrogens with zero attached hydrogens (tertiary/aromatic N) is 2. The van der Waals surface area contributed by atoms with Crippen LogP contribution in [-0.2, 0) is 14.4 Å². The molecule has 0 bridgehead atoms. The normalized spacial score (nSPS) is 20.4. The van der Waals surface area contributed by atoms with Gasteiger partial charge in [0, 0.05) is 17.5 Å². The lowest BCUT2D eigenvalue weighted by atomic mass is 10.1. The third-order valence-corrected chi connectivity index (χ3v) is 5.01. The van der Waals surface area contributed by atoms with Crippen LogP contribution >= 0.6 is 11.6 Å². The molecule has 3 rings (SSSR count). The van der Waals surface area contributed by atoms with E-state index in [9.17, 15) is 24.3 Å². The van der Waals surface area contributed by atoms with Crippen molar-refractivity contribution in [1.29, 1.82) is 0 Å². The number of halogens is 1. The van der Waals surface area contributed by atoms with Crippen LogP contribution in [0.5, 0.6) is 0 Å². The number of aliphatic carboxylic acids is 1. The number of carbonyl (C=O) groups excluding carboxylic acids is 3. The highest BCUT2D eigenvalue weighted by Crippen LogP contribution is 2.30. The lowest BCUT2D eigenvalue weighted by molar-refractivity contribution is -0.150. The second-order valence-electron chi connectivity index (χ2n) is 6.74. The summed E-state index contributed by atoms with van der Waals surface area (Å²) in [6.07, 6.45) is 1.67. The minimum absolute atomic E-state index is 0.0146. The molecule has 27 heavy (non-hydrogen) atoms. The fraction of sp³-hybridized carbons (Fsp3) is 0.444. The Hall–Kier alpha value is -2.61. The molecule has 0 spiro atoms. The minimum atomic E-state index is -1.06. The molecule has 9 heteroatoms. The van der Waals surface area contributed by atoms with Gasteiger partial charge in [-0.3, -0.25) is 9.59 Å². The zero-order chi connectivity index (χ0) is 19.7. The van der Waals surface area contributed by atoms with E-state index in [0.29, 0.717) is 10.7 Å². The van der Waals surface area contributed by atoms with Gasteiger partial charge < -0.3 is 15.3 Å². The smallest absolute Gasteiger partial charge is 0.329 e. The summed E-state index contributed by atoms with van der Waals surface area (Å²) in [7, 11) is 0. The molecule has 1 saturated heterocycles.